The number of hydrogen-bond acceptors (Lipinski definition) is 3. The molecule has 1 aromatic heterocycles. The minimum Gasteiger partial charge on any atom is -0.481 e. The zero-order chi connectivity index (χ0) is 14.3. The van der Waals surface area contributed by atoms with Gasteiger partial charge in [-0.05, 0) is 40.1 Å². The van der Waals surface area contributed by atoms with Crippen molar-refractivity contribution in [2.45, 2.75) is 19.8 Å². The van der Waals surface area contributed by atoms with Crippen molar-refractivity contribution in [3.8, 4) is 0 Å². The third-order valence-corrected chi connectivity index (χ3v) is 3.02. The average molecular weight is 330 g/mol. The van der Waals surface area contributed by atoms with Crippen LogP contribution in [0.1, 0.15) is 25.5 Å². The van der Waals surface area contributed by atoms with Gasteiger partial charge < -0.3 is 14.8 Å². The molecule has 1 rings (SSSR count). The summed E-state index contributed by atoms with van der Waals surface area (Å²) in [6.45, 7) is 2.25. The summed E-state index contributed by atoms with van der Waals surface area (Å²) < 4.78 is 5.80. The van der Waals surface area contributed by atoms with Gasteiger partial charge in [-0.2, -0.15) is 0 Å². The third kappa shape index (κ3) is 6.24. The second kappa shape index (κ2) is 7.78. The van der Waals surface area contributed by atoms with Gasteiger partial charge in [0.1, 0.15) is 5.76 Å². The Morgan fingerprint density at radius 2 is 2.26 bits per heavy atom. The van der Waals surface area contributed by atoms with Gasteiger partial charge in [-0.3, -0.25) is 9.59 Å². The highest BCUT2D eigenvalue weighted by Gasteiger charge is 2.11. The van der Waals surface area contributed by atoms with Crippen molar-refractivity contribution in [1.82, 2.24) is 5.32 Å². The molecule has 0 fully saturated rings. The van der Waals surface area contributed by atoms with E-state index in [1.54, 1.807) is 18.2 Å². The Morgan fingerprint density at radius 1 is 1.53 bits per heavy atom. The molecule has 0 aromatic carbocycles. The van der Waals surface area contributed by atoms with Crippen LogP contribution in [0.4, 0.5) is 0 Å². The van der Waals surface area contributed by atoms with Crippen LogP contribution in [0.15, 0.2) is 27.3 Å². The fourth-order valence-electron chi connectivity index (χ4n) is 1.49. The molecule has 0 saturated carbocycles. The highest BCUT2D eigenvalue weighted by molar-refractivity contribution is 9.10. The van der Waals surface area contributed by atoms with Crippen molar-refractivity contribution in [2.75, 3.05) is 6.54 Å². The zero-order valence-electron chi connectivity index (χ0n) is 10.6. The summed E-state index contributed by atoms with van der Waals surface area (Å²) in [6, 6.07) is 3.46. The van der Waals surface area contributed by atoms with Crippen molar-refractivity contribution < 1.29 is 19.1 Å². The van der Waals surface area contributed by atoms with Gasteiger partial charge in [0.05, 0.1) is 0 Å². The average Bonchev–Trinajstić information content (AvgIpc) is 2.77. The number of carboxylic acids is 1. The van der Waals surface area contributed by atoms with E-state index in [1.807, 2.05) is 6.92 Å². The molecule has 1 unspecified atom stereocenters. The lowest BCUT2D eigenvalue weighted by Gasteiger charge is -2.12. The molecule has 1 amide bonds. The van der Waals surface area contributed by atoms with Gasteiger partial charge >= 0.3 is 5.97 Å². The molecule has 2 N–H and O–H groups in total. The summed E-state index contributed by atoms with van der Waals surface area (Å²) >= 11 is 3.16. The molecule has 19 heavy (non-hydrogen) atoms. The second-order valence-corrected chi connectivity index (χ2v) is 4.87. The smallest absolute Gasteiger partial charge is 0.303 e. The maximum absolute atomic E-state index is 11.5. The van der Waals surface area contributed by atoms with E-state index in [1.165, 1.54) is 6.08 Å². The molecule has 0 radical (unpaired) electrons. The number of amides is 1. The predicted octanol–water partition coefficient (Wildman–Crippen LogP) is 2.67. The molecule has 6 heteroatoms. The fourth-order valence-corrected chi connectivity index (χ4v) is 1.81. The number of aliphatic carboxylic acids is 1. The molecule has 0 spiro atoms. The Kier molecular flexibility index (Phi) is 6.35. The number of hydrogen-bond donors (Lipinski definition) is 2. The van der Waals surface area contributed by atoms with Crippen LogP contribution in [-0.4, -0.2) is 23.5 Å². The Hall–Kier alpha value is -1.56. The monoisotopic (exact) mass is 329 g/mol. The minimum atomic E-state index is -0.850. The lowest BCUT2D eigenvalue weighted by Crippen LogP contribution is -2.28. The summed E-state index contributed by atoms with van der Waals surface area (Å²) in [5.41, 5.74) is 0. The van der Waals surface area contributed by atoms with Gasteiger partial charge in [-0.25, -0.2) is 0 Å². The number of carbonyl (C=O) groups excluding carboxylic acids is 1. The molecule has 0 aliphatic carbocycles. The van der Waals surface area contributed by atoms with Crippen molar-refractivity contribution in [3.05, 3.63) is 28.6 Å². The van der Waals surface area contributed by atoms with E-state index in [0.29, 0.717) is 23.4 Å². The van der Waals surface area contributed by atoms with E-state index in [9.17, 15) is 9.59 Å². The number of nitrogens with one attached hydrogen (secondary N) is 1. The first-order valence-electron chi connectivity index (χ1n) is 5.94. The van der Waals surface area contributed by atoms with E-state index in [0.717, 1.165) is 0 Å². The third-order valence-electron chi connectivity index (χ3n) is 2.60. The molecule has 1 atom stereocenters. The van der Waals surface area contributed by atoms with Crippen LogP contribution in [0.5, 0.6) is 0 Å². The molecule has 0 bridgehead atoms. The van der Waals surface area contributed by atoms with Gasteiger partial charge in [-0.1, -0.05) is 13.3 Å². The van der Waals surface area contributed by atoms with E-state index in [-0.39, 0.29) is 18.2 Å². The molecule has 0 aliphatic heterocycles. The highest BCUT2D eigenvalue weighted by atomic mass is 79.9. The fraction of sp³-hybridized carbons (Fsp3) is 0.385. The van der Waals surface area contributed by atoms with Crippen LogP contribution in [0.25, 0.3) is 6.08 Å². The molecule has 1 aromatic rings. The largest absolute Gasteiger partial charge is 0.481 e. The van der Waals surface area contributed by atoms with Gasteiger partial charge in [0, 0.05) is 19.0 Å². The minimum absolute atomic E-state index is 0.0485. The van der Waals surface area contributed by atoms with Crippen molar-refractivity contribution in [2.24, 2.45) is 5.92 Å². The number of carbonyl (C=O) groups is 2. The summed E-state index contributed by atoms with van der Waals surface area (Å²) in [6.07, 6.45) is 3.68. The van der Waals surface area contributed by atoms with Gasteiger partial charge in [0.25, 0.3) is 0 Å². The Labute approximate surface area is 119 Å². The molecule has 1 heterocycles. The summed E-state index contributed by atoms with van der Waals surface area (Å²) in [5, 5.41) is 11.4. The van der Waals surface area contributed by atoms with Crippen LogP contribution in [0, 0.1) is 5.92 Å². The first kappa shape index (κ1) is 15.5. The topological polar surface area (TPSA) is 79.5 Å². The number of carboxylic acid groups (broad SMARTS) is 1. The molecule has 5 nitrogen and oxygen atoms in total. The molecular weight excluding hydrogens is 314 g/mol. The molecule has 0 aliphatic rings. The first-order chi connectivity index (χ1) is 9.01. The Morgan fingerprint density at radius 3 is 2.79 bits per heavy atom. The zero-order valence-corrected chi connectivity index (χ0v) is 12.1. The van der Waals surface area contributed by atoms with Crippen LogP contribution >= 0.6 is 15.9 Å². The second-order valence-electron chi connectivity index (χ2n) is 4.09. The number of rotatable bonds is 7. The van der Waals surface area contributed by atoms with Gasteiger partial charge in [-0.15, -0.1) is 0 Å². The molecular formula is C13H16BrNO4. The maximum atomic E-state index is 11.5. The summed E-state index contributed by atoms with van der Waals surface area (Å²) in [4.78, 5) is 22.1. The van der Waals surface area contributed by atoms with E-state index in [4.69, 9.17) is 9.52 Å². The van der Waals surface area contributed by atoms with E-state index in [2.05, 4.69) is 21.2 Å². The quantitative estimate of drug-likeness (QED) is 0.754. The van der Waals surface area contributed by atoms with Crippen LogP contribution < -0.4 is 5.32 Å². The predicted molar refractivity (Wildman–Crippen MR) is 74.5 cm³/mol. The standard InChI is InChI=1S/C13H16BrNO4/c1-2-9(7-13(17)18)8-15-12(16)6-4-10-3-5-11(14)19-10/h3-6,9H,2,7-8H2,1H3,(H,15,16)(H,17,18)/b6-4+. The van der Waals surface area contributed by atoms with Crippen molar-refractivity contribution in [1.29, 1.82) is 0 Å². The summed E-state index contributed by atoms with van der Waals surface area (Å²) in [5.74, 6) is -0.597. The lowest BCUT2D eigenvalue weighted by atomic mass is 10.0. The van der Waals surface area contributed by atoms with Gasteiger partial charge in [0.2, 0.25) is 5.91 Å². The first-order valence-corrected chi connectivity index (χ1v) is 6.73. The number of halogens is 1. The maximum Gasteiger partial charge on any atom is 0.303 e. The number of furan rings is 1. The Bertz CT molecular complexity index is 467. The Balaban J connectivity index is 2.38. The van der Waals surface area contributed by atoms with Crippen LogP contribution in [0.3, 0.4) is 0 Å². The van der Waals surface area contributed by atoms with Crippen molar-refractivity contribution in [3.63, 3.8) is 0 Å². The van der Waals surface area contributed by atoms with Crippen molar-refractivity contribution >= 4 is 33.9 Å². The summed E-state index contributed by atoms with van der Waals surface area (Å²) in [7, 11) is 0. The van der Waals surface area contributed by atoms with E-state index < -0.39 is 5.97 Å². The van der Waals surface area contributed by atoms with Crippen LogP contribution in [0.2, 0.25) is 0 Å². The SMILES string of the molecule is CCC(CNC(=O)/C=C/c1ccc(Br)o1)CC(=O)O. The van der Waals surface area contributed by atoms with E-state index >= 15 is 0 Å². The lowest BCUT2D eigenvalue weighted by molar-refractivity contribution is -0.138. The normalized spacial score (nSPS) is 12.5. The van der Waals surface area contributed by atoms with Gasteiger partial charge in [0.15, 0.2) is 4.67 Å². The molecule has 0 saturated heterocycles. The van der Waals surface area contributed by atoms with Crippen LogP contribution in [-0.2, 0) is 9.59 Å². The molecule has 104 valence electrons. The highest BCUT2D eigenvalue weighted by Crippen LogP contribution is 2.14.